The number of aromatic nitrogens is 6. The molecule has 9 heteroatoms. The van der Waals surface area contributed by atoms with E-state index >= 15 is 0 Å². The van der Waals surface area contributed by atoms with E-state index in [1.807, 2.05) is 5.38 Å². The highest BCUT2D eigenvalue weighted by atomic mass is 32.1. The zero-order valence-electron chi connectivity index (χ0n) is 14.2. The number of hydrogen-bond acceptors (Lipinski definition) is 7. The van der Waals surface area contributed by atoms with Crippen molar-refractivity contribution in [2.24, 2.45) is 0 Å². The summed E-state index contributed by atoms with van der Waals surface area (Å²) in [4.78, 5) is 34.0. The first-order valence-electron chi connectivity index (χ1n) is 8.59. The lowest BCUT2D eigenvalue weighted by atomic mass is 10.2. The highest BCUT2D eigenvalue weighted by molar-refractivity contribution is 7.13. The van der Waals surface area contributed by atoms with E-state index in [4.69, 9.17) is 0 Å². The number of thiazole rings is 1. The lowest BCUT2D eigenvalue weighted by Crippen LogP contribution is -2.23. The van der Waals surface area contributed by atoms with E-state index in [0.29, 0.717) is 18.2 Å². The quantitative estimate of drug-likeness (QED) is 0.574. The first-order chi connectivity index (χ1) is 13.3. The van der Waals surface area contributed by atoms with Crippen LogP contribution in [-0.4, -0.2) is 35.4 Å². The van der Waals surface area contributed by atoms with Crippen LogP contribution < -0.4 is 5.32 Å². The predicted molar refractivity (Wildman–Crippen MR) is 100 cm³/mol. The number of carbonyl (C=O) groups excluding carboxylic acids is 1. The molecule has 0 bridgehead atoms. The smallest absolute Gasteiger partial charge is 0.253 e. The summed E-state index contributed by atoms with van der Waals surface area (Å²) in [5.41, 5.74) is 3.57. The van der Waals surface area contributed by atoms with E-state index in [2.05, 4.69) is 34.8 Å². The molecule has 0 spiro atoms. The molecular weight excluding hydrogens is 362 g/mol. The molecule has 1 aliphatic carbocycles. The van der Waals surface area contributed by atoms with Gasteiger partial charge >= 0.3 is 0 Å². The summed E-state index contributed by atoms with van der Waals surface area (Å²) in [7, 11) is 0. The Morgan fingerprint density at radius 1 is 1.22 bits per heavy atom. The van der Waals surface area contributed by atoms with Crippen molar-refractivity contribution in [3.63, 3.8) is 0 Å². The molecule has 4 heterocycles. The molecule has 1 N–H and O–H groups in total. The van der Waals surface area contributed by atoms with Gasteiger partial charge in [-0.2, -0.15) is 0 Å². The Hall–Kier alpha value is -3.20. The molecule has 0 unspecified atom stereocenters. The van der Waals surface area contributed by atoms with Gasteiger partial charge in [-0.15, -0.1) is 11.3 Å². The van der Waals surface area contributed by atoms with Crippen LogP contribution in [0.25, 0.3) is 21.9 Å². The zero-order chi connectivity index (χ0) is 18.2. The normalized spacial score (nSPS) is 13.8. The second-order valence-corrected chi connectivity index (χ2v) is 7.23. The Labute approximate surface area is 158 Å². The fourth-order valence-electron chi connectivity index (χ4n) is 2.85. The van der Waals surface area contributed by atoms with Crippen molar-refractivity contribution in [1.82, 2.24) is 34.8 Å². The Balaban J connectivity index is 1.28. The van der Waals surface area contributed by atoms with Gasteiger partial charge in [0.15, 0.2) is 5.65 Å². The Morgan fingerprint density at radius 3 is 2.96 bits per heavy atom. The van der Waals surface area contributed by atoms with Crippen LogP contribution in [0.2, 0.25) is 0 Å². The van der Waals surface area contributed by atoms with Gasteiger partial charge in [0.2, 0.25) is 0 Å². The SMILES string of the molecule is O=C(NCc1csc(-c2cnccn2)n1)c1cnc2c(c1)ncn2C1CC1. The maximum Gasteiger partial charge on any atom is 0.253 e. The van der Waals surface area contributed by atoms with E-state index in [-0.39, 0.29) is 5.91 Å². The van der Waals surface area contributed by atoms with Crippen LogP contribution in [0, 0.1) is 0 Å². The number of amides is 1. The maximum absolute atomic E-state index is 12.5. The van der Waals surface area contributed by atoms with Gasteiger partial charge in [-0.3, -0.25) is 14.8 Å². The fourth-order valence-corrected chi connectivity index (χ4v) is 3.63. The number of pyridine rings is 1. The molecule has 0 aromatic carbocycles. The molecule has 5 rings (SSSR count). The van der Waals surface area contributed by atoms with E-state index < -0.39 is 0 Å². The van der Waals surface area contributed by atoms with Gasteiger partial charge in [0, 0.05) is 30.0 Å². The molecule has 0 saturated heterocycles. The molecule has 0 radical (unpaired) electrons. The molecule has 1 aliphatic rings. The van der Waals surface area contributed by atoms with Crippen molar-refractivity contribution in [3.05, 3.63) is 53.8 Å². The molecule has 8 nitrogen and oxygen atoms in total. The summed E-state index contributed by atoms with van der Waals surface area (Å²) < 4.78 is 2.08. The molecule has 1 saturated carbocycles. The third kappa shape index (κ3) is 3.17. The van der Waals surface area contributed by atoms with Crippen molar-refractivity contribution in [2.75, 3.05) is 0 Å². The second-order valence-electron chi connectivity index (χ2n) is 6.37. The first-order valence-corrected chi connectivity index (χ1v) is 9.47. The predicted octanol–water partition coefficient (Wildman–Crippen LogP) is 2.61. The molecule has 4 aromatic heterocycles. The van der Waals surface area contributed by atoms with Crippen LogP contribution in [0.1, 0.15) is 34.9 Å². The summed E-state index contributed by atoms with van der Waals surface area (Å²) in [6.45, 7) is 0.337. The molecule has 1 amide bonds. The minimum Gasteiger partial charge on any atom is -0.346 e. The lowest BCUT2D eigenvalue weighted by molar-refractivity contribution is 0.0950. The molecule has 27 heavy (non-hydrogen) atoms. The number of imidazole rings is 1. The van der Waals surface area contributed by atoms with E-state index in [9.17, 15) is 4.79 Å². The van der Waals surface area contributed by atoms with Gasteiger partial charge in [0.05, 0.1) is 30.3 Å². The van der Waals surface area contributed by atoms with Crippen LogP contribution in [0.5, 0.6) is 0 Å². The largest absolute Gasteiger partial charge is 0.346 e. The van der Waals surface area contributed by atoms with Crippen LogP contribution in [0.3, 0.4) is 0 Å². The Bertz CT molecular complexity index is 1120. The summed E-state index contributed by atoms with van der Waals surface area (Å²) in [6.07, 6.45) is 10.7. The number of carbonyl (C=O) groups is 1. The number of nitrogens with zero attached hydrogens (tertiary/aromatic N) is 6. The van der Waals surface area contributed by atoms with Crippen LogP contribution in [0.15, 0.2) is 42.6 Å². The molecular formula is C18H15N7OS. The highest BCUT2D eigenvalue weighted by Gasteiger charge is 2.25. The molecule has 1 fully saturated rings. The van der Waals surface area contributed by atoms with Crippen molar-refractivity contribution in [2.45, 2.75) is 25.4 Å². The first kappa shape index (κ1) is 16.0. The van der Waals surface area contributed by atoms with Crippen LogP contribution in [0.4, 0.5) is 0 Å². The summed E-state index contributed by atoms with van der Waals surface area (Å²) >= 11 is 1.47. The van der Waals surface area contributed by atoms with E-state index in [1.165, 1.54) is 24.2 Å². The van der Waals surface area contributed by atoms with Crippen molar-refractivity contribution in [1.29, 1.82) is 0 Å². The summed E-state index contributed by atoms with van der Waals surface area (Å²) in [5, 5.41) is 5.57. The van der Waals surface area contributed by atoms with Crippen LogP contribution in [-0.2, 0) is 6.54 Å². The maximum atomic E-state index is 12.5. The topological polar surface area (TPSA) is 98.5 Å². The average molecular weight is 377 g/mol. The third-order valence-corrected chi connectivity index (χ3v) is 5.29. The van der Waals surface area contributed by atoms with Crippen LogP contribution >= 0.6 is 11.3 Å². The van der Waals surface area contributed by atoms with Gasteiger partial charge in [0.1, 0.15) is 16.2 Å². The Kier molecular flexibility index (Phi) is 3.86. The molecule has 0 aliphatic heterocycles. The number of nitrogens with one attached hydrogen (secondary N) is 1. The van der Waals surface area contributed by atoms with Gasteiger partial charge in [-0.25, -0.2) is 15.0 Å². The highest BCUT2D eigenvalue weighted by Crippen LogP contribution is 2.36. The third-order valence-electron chi connectivity index (χ3n) is 4.38. The standard InChI is InChI=1S/C18H15N7OS/c26-17(11-5-14-16(21-6-11)25(10-23-14)13-1-2-13)22-7-12-9-27-18(24-12)15-8-19-3-4-20-15/h3-6,8-10,13H,1-2,7H2,(H,22,26). The second kappa shape index (κ2) is 6.51. The minimum atomic E-state index is -0.195. The molecule has 0 atom stereocenters. The molecule has 134 valence electrons. The number of rotatable bonds is 5. The van der Waals surface area contributed by atoms with E-state index in [0.717, 1.165) is 27.6 Å². The van der Waals surface area contributed by atoms with Gasteiger partial charge in [-0.1, -0.05) is 0 Å². The zero-order valence-corrected chi connectivity index (χ0v) is 15.1. The average Bonchev–Trinajstić information content (AvgIpc) is 3.29. The van der Waals surface area contributed by atoms with Crippen molar-refractivity contribution < 1.29 is 4.79 Å². The monoisotopic (exact) mass is 377 g/mol. The van der Waals surface area contributed by atoms with Gasteiger partial charge < -0.3 is 9.88 Å². The van der Waals surface area contributed by atoms with Gasteiger partial charge in [-0.05, 0) is 18.9 Å². The molecule has 4 aromatic rings. The van der Waals surface area contributed by atoms with E-state index in [1.54, 1.807) is 37.2 Å². The Morgan fingerprint density at radius 2 is 2.15 bits per heavy atom. The van der Waals surface area contributed by atoms with Crippen molar-refractivity contribution >= 4 is 28.4 Å². The minimum absolute atomic E-state index is 0.195. The van der Waals surface area contributed by atoms with Crippen molar-refractivity contribution in [3.8, 4) is 10.7 Å². The fraction of sp³-hybridized carbons (Fsp3) is 0.222. The lowest BCUT2D eigenvalue weighted by Gasteiger charge is -2.04. The number of hydrogen-bond donors (Lipinski definition) is 1. The number of fused-ring (bicyclic) bond motifs is 1. The van der Waals surface area contributed by atoms with Gasteiger partial charge in [0.25, 0.3) is 5.91 Å². The summed E-state index contributed by atoms with van der Waals surface area (Å²) in [6, 6.07) is 2.29. The summed E-state index contributed by atoms with van der Waals surface area (Å²) in [5.74, 6) is -0.195.